The molecule has 19 heavy (non-hydrogen) atoms. The van der Waals surface area contributed by atoms with Crippen molar-refractivity contribution in [2.45, 2.75) is 25.4 Å². The molecule has 1 amide bonds. The monoisotopic (exact) mass is 266 g/mol. The lowest BCUT2D eigenvalue weighted by molar-refractivity contribution is -0.128. The van der Waals surface area contributed by atoms with E-state index in [2.05, 4.69) is 15.7 Å². The highest BCUT2D eigenvalue weighted by Crippen LogP contribution is 2.06. The van der Waals surface area contributed by atoms with Gasteiger partial charge < -0.3 is 15.4 Å². The number of aromatic nitrogens is 2. The van der Waals surface area contributed by atoms with E-state index in [0.717, 1.165) is 38.0 Å². The second-order valence-corrected chi connectivity index (χ2v) is 4.81. The Morgan fingerprint density at radius 1 is 1.58 bits per heavy atom. The lowest BCUT2D eigenvalue weighted by atomic mass is 10.1. The summed E-state index contributed by atoms with van der Waals surface area (Å²) in [6.45, 7) is 2.74. The van der Waals surface area contributed by atoms with Crippen molar-refractivity contribution >= 4 is 5.91 Å². The van der Waals surface area contributed by atoms with Crippen molar-refractivity contribution in [3.63, 3.8) is 0 Å². The van der Waals surface area contributed by atoms with Crippen LogP contribution in [-0.2, 0) is 23.0 Å². The average molecular weight is 266 g/mol. The Morgan fingerprint density at radius 3 is 3.05 bits per heavy atom. The van der Waals surface area contributed by atoms with Crippen molar-refractivity contribution < 1.29 is 9.53 Å². The molecule has 1 aliphatic heterocycles. The molecule has 1 saturated heterocycles. The van der Waals surface area contributed by atoms with Crippen LogP contribution in [0.5, 0.6) is 0 Å². The minimum atomic E-state index is -0.0410. The van der Waals surface area contributed by atoms with E-state index in [9.17, 15) is 4.79 Å². The van der Waals surface area contributed by atoms with Crippen LogP contribution in [0.2, 0.25) is 0 Å². The number of amides is 1. The summed E-state index contributed by atoms with van der Waals surface area (Å²) in [4.78, 5) is 11.6. The normalized spacial score (nSPS) is 16.5. The van der Waals surface area contributed by atoms with Crippen molar-refractivity contribution in [1.29, 1.82) is 0 Å². The summed E-state index contributed by atoms with van der Waals surface area (Å²) in [7, 11) is 1.90. The number of piperidine rings is 1. The Balaban J connectivity index is 1.58. The molecule has 0 radical (unpaired) electrons. The summed E-state index contributed by atoms with van der Waals surface area (Å²) in [5, 5.41) is 10.2. The molecule has 106 valence electrons. The lowest BCUT2D eigenvalue weighted by Gasteiger charge is -2.22. The molecule has 0 bridgehead atoms. The van der Waals surface area contributed by atoms with Crippen LogP contribution in [0.3, 0.4) is 0 Å². The van der Waals surface area contributed by atoms with Crippen LogP contribution in [0, 0.1) is 0 Å². The topological polar surface area (TPSA) is 68.2 Å². The number of carbonyl (C=O) groups excluding carboxylic acids is 1. The highest BCUT2D eigenvalue weighted by Gasteiger charge is 2.14. The molecule has 6 nitrogen and oxygen atoms in total. The van der Waals surface area contributed by atoms with Crippen LogP contribution < -0.4 is 10.6 Å². The minimum Gasteiger partial charge on any atom is -0.368 e. The zero-order valence-corrected chi connectivity index (χ0v) is 11.4. The second kappa shape index (κ2) is 7.25. The van der Waals surface area contributed by atoms with Crippen LogP contribution in [0.25, 0.3) is 0 Å². The number of nitrogens with zero attached hydrogens (tertiary/aromatic N) is 2. The van der Waals surface area contributed by atoms with E-state index in [1.54, 1.807) is 6.20 Å². The van der Waals surface area contributed by atoms with Crippen LogP contribution in [0.15, 0.2) is 12.3 Å². The summed E-state index contributed by atoms with van der Waals surface area (Å²) < 4.78 is 7.40. The third-order valence-corrected chi connectivity index (χ3v) is 3.36. The summed E-state index contributed by atoms with van der Waals surface area (Å²) in [6, 6.07) is 1.96. The molecule has 1 aromatic rings. The number of nitrogens with one attached hydrogen (secondary N) is 2. The van der Waals surface area contributed by atoms with Crippen LogP contribution in [0.4, 0.5) is 0 Å². The first-order valence-corrected chi connectivity index (χ1v) is 6.81. The zero-order chi connectivity index (χ0) is 13.5. The van der Waals surface area contributed by atoms with Crippen molar-refractivity contribution in [1.82, 2.24) is 20.4 Å². The number of hydrogen-bond donors (Lipinski definition) is 2. The molecule has 6 heteroatoms. The molecule has 0 aliphatic carbocycles. The maximum atomic E-state index is 11.6. The SMILES string of the molecule is Cn1nccc1CCNC(=O)COC1CCNCC1. The first-order valence-electron chi connectivity index (χ1n) is 6.81. The van der Waals surface area contributed by atoms with E-state index < -0.39 is 0 Å². The van der Waals surface area contributed by atoms with Gasteiger partial charge in [0, 0.05) is 31.9 Å². The first kappa shape index (κ1) is 14.0. The predicted molar refractivity (Wildman–Crippen MR) is 71.8 cm³/mol. The zero-order valence-electron chi connectivity index (χ0n) is 11.4. The first-order chi connectivity index (χ1) is 9.25. The maximum absolute atomic E-state index is 11.6. The quantitative estimate of drug-likeness (QED) is 0.751. The van der Waals surface area contributed by atoms with Gasteiger partial charge >= 0.3 is 0 Å². The molecule has 2 N–H and O–H groups in total. The largest absolute Gasteiger partial charge is 0.368 e. The number of ether oxygens (including phenoxy) is 1. The van der Waals surface area contributed by atoms with E-state index in [1.165, 1.54) is 0 Å². The molecule has 0 saturated carbocycles. The molecule has 0 atom stereocenters. The van der Waals surface area contributed by atoms with Crippen LogP contribution >= 0.6 is 0 Å². The molecule has 1 aromatic heterocycles. The van der Waals surface area contributed by atoms with Gasteiger partial charge in [-0.1, -0.05) is 0 Å². The van der Waals surface area contributed by atoms with Crippen LogP contribution in [0.1, 0.15) is 18.5 Å². The van der Waals surface area contributed by atoms with Crippen molar-refractivity contribution in [2.75, 3.05) is 26.2 Å². The van der Waals surface area contributed by atoms with E-state index in [0.29, 0.717) is 6.54 Å². The third-order valence-electron chi connectivity index (χ3n) is 3.36. The number of hydrogen-bond acceptors (Lipinski definition) is 4. The molecule has 2 rings (SSSR count). The van der Waals surface area contributed by atoms with Crippen LogP contribution in [-0.4, -0.2) is 48.0 Å². The van der Waals surface area contributed by atoms with Gasteiger partial charge in [0.1, 0.15) is 6.61 Å². The average Bonchev–Trinajstić information content (AvgIpc) is 2.83. The Morgan fingerprint density at radius 2 is 2.37 bits per heavy atom. The van der Waals surface area contributed by atoms with Gasteiger partial charge in [-0.25, -0.2) is 0 Å². The van der Waals surface area contributed by atoms with Gasteiger partial charge in [0.05, 0.1) is 6.10 Å². The van der Waals surface area contributed by atoms with E-state index in [-0.39, 0.29) is 18.6 Å². The highest BCUT2D eigenvalue weighted by atomic mass is 16.5. The van der Waals surface area contributed by atoms with Gasteiger partial charge in [-0.15, -0.1) is 0 Å². The molecule has 2 heterocycles. The van der Waals surface area contributed by atoms with Crippen molar-refractivity contribution in [3.8, 4) is 0 Å². The van der Waals surface area contributed by atoms with Gasteiger partial charge in [-0.2, -0.15) is 5.10 Å². The molecular formula is C13H22N4O2. The molecule has 1 aliphatic rings. The smallest absolute Gasteiger partial charge is 0.246 e. The Kier molecular flexibility index (Phi) is 5.35. The Labute approximate surface area is 113 Å². The standard InChI is InChI=1S/C13H22N4O2/c1-17-11(3-9-16-17)2-8-15-13(18)10-19-12-4-6-14-7-5-12/h3,9,12,14H,2,4-8,10H2,1H3,(H,15,18). The Hall–Kier alpha value is -1.40. The fourth-order valence-corrected chi connectivity index (χ4v) is 2.18. The summed E-state index contributed by atoms with van der Waals surface area (Å²) in [6.07, 6.45) is 4.75. The van der Waals surface area contributed by atoms with E-state index in [4.69, 9.17) is 4.74 Å². The van der Waals surface area contributed by atoms with Gasteiger partial charge in [0.2, 0.25) is 5.91 Å². The van der Waals surface area contributed by atoms with Crippen molar-refractivity contribution in [3.05, 3.63) is 18.0 Å². The van der Waals surface area contributed by atoms with Gasteiger partial charge in [0.25, 0.3) is 0 Å². The predicted octanol–water partition coefficient (Wildman–Crippen LogP) is -0.153. The van der Waals surface area contributed by atoms with Gasteiger partial charge in [0.15, 0.2) is 0 Å². The van der Waals surface area contributed by atoms with Crippen molar-refractivity contribution in [2.24, 2.45) is 7.05 Å². The van der Waals surface area contributed by atoms with E-state index >= 15 is 0 Å². The fourth-order valence-electron chi connectivity index (χ4n) is 2.18. The summed E-state index contributed by atoms with van der Waals surface area (Å²) >= 11 is 0. The molecule has 0 aromatic carbocycles. The lowest BCUT2D eigenvalue weighted by Crippen LogP contribution is -2.36. The minimum absolute atomic E-state index is 0.0410. The summed E-state index contributed by atoms with van der Waals surface area (Å²) in [5.41, 5.74) is 1.11. The second-order valence-electron chi connectivity index (χ2n) is 4.81. The fraction of sp³-hybridized carbons (Fsp3) is 0.692. The molecular weight excluding hydrogens is 244 g/mol. The van der Waals surface area contributed by atoms with Gasteiger partial charge in [-0.3, -0.25) is 9.48 Å². The van der Waals surface area contributed by atoms with Gasteiger partial charge in [-0.05, 0) is 32.0 Å². The maximum Gasteiger partial charge on any atom is 0.246 e. The Bertz CT molecular complexity index is 399. The molecule has 0 unspecified atom stereocenters. The third kappa shape index (κ3) is 4.65. The number of carbonyl (C=O) groups is 1. The van der Waals surface area contributed by atoms with E-state index in [1.807, 2.05) is 17.8 Å². The summed E-state index contributed by atoms with van der Waals surface area (Å²) in [5.74, 6) is -0.0410. The highest BCUT2D eigenvalue weighted by molar-refractivity contribution is 5.77. The number of rotatable bonds is 6. The molecule has 0 spiro atoms. The molecule has 1 fully saturated rings. The number of aryl methyl sites for hydroxylation is 1.